The second kappa shape index (κ2) is 9.21. The highest BCUT2D eigenvalue weighted by atomic mass is 19.1. The summed E-state index contributed by atoms with van der Waals surface area (Å²) in [4.78, 5) is 16.7. The number of anilines is 1. The number of rotatable bonds is 7. The van der Waals surface area contributed by atoms with E-state index in [2.05, 4.69) is 20.8 Å². The van der Waals surface area contributed by atoms with Crippen molar-refractivity contribution in [3.8, 4) is 11.4 Å². The summed E-state index contributed by atoms with van der Waals surface area (Å²) < 4.78 is 19.0. The normalized spacial score (nSPS) is 10.6. The van der Waals surface area contributed by atoms with E-state index in [4.69, 9.17) is 4.52 Å². The average molecular weight is 416 g/mol. The lowest BCUT2D eigenvalue weighted by Gasteiger charge is -2.08. The molecule has 0 bridgehead atoms. The molecule has 0 saturated carbocycles. The summed E-state index contributed by atoms with van der Waals surface area (Å²) in [7, 11) is 0. The molecule has 0 spiro atoms. The van der Waals surface area contributed by atoms with Crippen LogP contribution < -0.4 is 10.6 Å². The molecule has 7 heteroatoms. The molecule has 0 unspecified atom stereocenters. The first-order valence-electron chi connectivity index (χ1n) is 9.83. The molecule has 1 heterocycles. The van der Waals surface area contributed by atoms with E-state index in [0.717, 1.165) is 16.8 Å². The van der Waals surface area contributed by atoms with Crippen molar-refractivity contribution in [3.63, 3.8) is 0 Å². The lowest BCUT2D eigenvalue weighted by atomic mass is 10.1. The van der Waals surface area contributed by atoms with Crippen molar-refractivity contribution in [2.24, 2.45) is 0 Å². The van der Waals surface area contributed by atoms with Crippen LogP contribution in [0.1, 0.15) is 27.4 Å². The van der Waals surface area contributed by atoms with Gasteiger partial charge in [-0.05, 0) is 43.3 Å². The summed E-state index contributed by atoms with van der Waals surface area (Å²) >= 11 is 0. The second-order valence-electron chi connectivity index (χ2n) is 7.09. The fraction of sp³-hybridized carbons (Fsp3) is 0.125. The zero-order valence-electron chi connectivity index (χ0n) is 16.9. The van der Waals surface area contributed by atoms with Crippen LogP contribution in [0.25, 0.3) is 11.4 Å². The monoisotopic (exact) mass is 416 g/mol. The first-order chi connectivity index (χ1) is 15.1. The highest BCUT2D eigenvalue weighted by Gasteiger charge is 2.10. The smallest absolute Gasteiger partial charge is 0.251 e. The molecule has 0 aliphatic heterocycles. The van der Waals surface area contributed by atoms with Gasteiger partial charge in [0.15, 0.2) is 0 Å². The van der Waals surface area contributed by atoms with E-state index in [9.17, 15) is 9.18 Å². The topological polar surface area (TPSA) is 80.0 Å². The Labute approximate surface area is 179 Å². The van der Waals surface area contributed by atoms with Crippen molar-refractivity contribution >= 4 is 11.6 Å². The molecule has 2 N–H and O–H groups in total. The van der Waals surface area contributed by atoms with E-state index < -0.39 is 0 Å². The molecule has 0 radical (unpaired) electrons. The van der Waals surface area contributed by atoms with Crippen LogP contribution in [0.2, 0.25) is 0 Å². The Morgan fingerprint density at radius 1 is 1.00 bits per heavy atom. The van der Waals surface area contributed by atoms with Gasteiger partial charge >= 0.3 is 0 Å². The number of hydrogen-bond acceptors (Lipinski definition) is 5. The van der Waals surface area contributed by atoms with Crippen molar-refractivity contribution < 1.29 is 13.7 Å². The molecule has 0 atom stereocenters. The molecule has 0 fully saturated rings. The van der Waals surface area contributed by atoms with Gasteiger partial charge in [-0.3, -0.25) is 4.79 Å². The van der Waals surface area contributed by atoms with Gasteiger partial charge in [0.25, 0.3) is 5.91 Å². The van der Waals surface area contributed by atoms with Crippen LogP contribution in [0.5, 0.6) is 0 Å². The predicted molar refractivity (Wildman–Crippen MR) is 116 cm³/mol. The van der Waals surface area contributed by atoms with Gasteiger partial charge in [-0.15, -0.1) is 0 Å². The third-order valence-electron chi connectivity index (χ3n) is 4.73. The van der Waals surface area contributed by atoms with Crippen molar-refractivity contribution in [2.75, 3.05) is 5.32 Å². The van der Waals surface area contributed by atoms with E-state index in [-0.39, 0.29) is 18.3 Å². The van der Waals surface area contributed by atoms with E-state index in [1.54, 1.807) is 42.5 Å². The third-order valence-corrected chi connectivity index (χ3v) is 4.73. The molecule has 31 heavy (non-hydrogen) atoms. The fourth-order valence-corrected chi connectivity index (χ4v) is 3.06. The van der Waals surface area contributed by atoms with E-state index >= 15 is 0 Å². The zero-order chi connectivity index (χ0) is 21.6. The summed E-state index contributed by atoms with van der Waals surface area (Å²) in [5.74, 6) is 0.397. The number of carbonyl (C=O) groups excluding carboxylic acids is 1. The van der Waals surface area contributed by atoms with Crippen molar-refractivity contribution in [2.45, 2.75) is 20.0 Å². The van der Waals surface area contributed by atoms with Gasteiger partial charge in [-0.2, -0.15) is 4.98 Å². The average Bonchev–Trinajstić information content (AvgIpc) is 3.26. The van der Waals surface area contributed by atoms with Crippen LogP contribution >= 0.6 is 0 Å². The predicted octanol–water partition coefficient (Wildman–Crippen LogP) is 4.73. The fourth-order valence-electron chi connectivity index (χ4n) is 3.06. The van der Waals surface area contributed by atoms with Gasteiger partial charge in [0.2, 0.25) is 11.7 Å². The quantitative estimate of drug-likeness (QED) is 0.455. The zero-order valence-corrected chi connectivity index (χ0v) is 16.9. The molecule has 4 rings (SSSR count). The molecule has 4 aromatic rings. The summed E-state index contributed by atoms with van der Waals surface area (Å²) in [6, 6.07) is 21.2. The molecular weight excluding hydrogens is 395 g/mol. The number of carbonyl (C=O) groups is 1. The molecule has 1 amide bonds. The van der Waals surface area contributed by atoms with Crippen LogP contribution in [0.15, 0.2) is 77.3 Å². The number of nitrogens with one attached hydrogen (secondary N) is 2. The maximum Gasteiger partial charge on any atom is 0.251 e. The van der Waals surface area contributed by atoms with Gasteiger partial charge in [0.05, 0.1) is 6.54 Å². The van der Waals surface area contributed by atoms with Crippen molar-refractivity contribution in [1.29, 1.82) is 0 Å². The van der Waals surface area contributed by atoms with Crippen LogP contribution in [-0.4, -0.2) is 16.0 Å². The Bertz CT molecular complexity index is 1190. The largest absolute Gasteiger partial charge is 0.376 e. The Balaban J connectivity index is 1.32. The highest BCUT2D eigenvalue weighted by Crippen LogP contribution is 2.18. The van der Waals surface area contributed by atoms with E-state index in [0.29, 0.717) is 29.4 Å². The second-order valence-corrected chi connectivity index (χ2v) is 7.09. The van der Waals surface area contributed by atoms with Crippen molar-refractivity contribution in [3.05, 3.63) is 101 Å². The number of aryl methyl sites for hydroxylation is 1. The molecule has 1 aromatic heterocycles. The van der Waals surface area contributed by atoms with Crippen LogP contribution in [-0.2, 0) is 13.1 Å². The third kappa shape index (κ3) is 5.14. The van der Waals surface area contributed by atoms with Gasteiger partial charge in [0, 0.05) is 28.9 Å². The number of nitrogens with zero attached hydrogens (tertiary/aromatic N) is 2. The van der Waals surface area contributed by atoms with Crippen molar-refractivity contribution in [1.82, 2.24) is 15.5 Å². The summed E-state index contributed by atoms with van der Waals surface area (Å²) in [6.07, 6.45) is 0. The lowest BCUT2D eigenvalue weighted by Crippen LogP contribution is -2.23. The summed E-state index contributed by atoms with van der Waals surface area (Å²) in [6.45, 7) is 2.50. The molecular formula is C24H21FN4O2. The van der Waals surface area contributed by atoms with E-state index in [1.807, 2.05) is 31.2 Å². The minimum atomic E-state index is -0.339. The Hall–Kier alpha value is -4.00. The first-order valence-corrected chi connectivity index (χ1v) is 9.83. The number of halogens is 1. The Morgan fingerprint density at radius 3 is 2.58 bits per heavy atom. The molecule has 156 valence electrons. The first kappa shape index (κ1) is 20.3. The molecule has 6 nitrogen and oxygen atoms in total. The lowest BCUT2D eigenvalue weighted by molar-refractivity contribution is 0.0950. The highest BCUT2D eigenvalue weighted by molar-refractivity contribution is 5.94. The number of hydrogen-bond donors (Lipinski definition) is 2. The number of benzene rings is 3. The molecule has 3 aromatic carbocycles. The standard InChI is InChI=1S/C24H21FN4O2/c1-16-5-4-7-18(13-16)23-28-22(31-29-23)15-26-20-11-9-17(10-12-20)24(30)27-14-19-6-2-3-8-21(19)25/h2-13,26H,14-15H2,1H3,(H,27,30). The van der Waals surface area contributed by atoms with Gasteiger partial charge < -0.3 is 15.2 Å². The van der Waals surface area contributed by atoms with Crippen LogP contribution in [0, 0.1) is 12.7 Å². The SMILES string of the molecule is Cc1cccc(-c2noc(CNc3ccc(C(=O)NCc4ccccc4F)cc3)n2)c1. The Morgan fingerprint density at radius 2 is 1.81 bits per heavy atom. The number of amides is 1. The summed E-state index contributed by atoms with van der Waals surface area (Å²) in [5, 5.41) is 9.94. The van der Waals surface area contributed by atoms with Gasteiger partial charge in [0.1, 0.15) is 5.82 Å². The molecule has 0 saturated heterocycles. The van der Waals surface area contributed by atoms with Crippen LogP contribution in [0.4, 0.5) is 10.1 Å². The maximum atomic E-state index is 13.7. The minimum Gasteiger partial charge on any atom is -0.376 e. The summed E-state index contributed by atoms with van der Waals surface area (Å²) in [5.41, 5.74) is 3.77. The van der Waals surface area contributed by atoms with Gasteiger partial charge in [-0.25, -0.2) is 4.39 Å². The van der Waals surface area contributed by atoms with E-state index in [1.165, 1.54) is 6.07 Å². The van der Waals surface area contributed by atoms with Gasteiger partial charge in [-0.1, -0.05) is 47.1 Å². The molecule has 0 aliphatic carbocycles. The molecule has 0 aliphatic rings. The van der Waals surface area contributed by atoms with Crippen LogP contribution in [0.3, 0.4) is 0 Å². The number of aromatic nitrogens is 2. The minimum absolute atomic E-state index is 0.131. The Kier molecular flexibility index (Phi) is 6.03. The maximum absolute atomic E-state index is 13.7.